The van der Waals surface area contributed by atoms with E-state index in [1.54, 1.807) is 13.8 Å². The van der Waals surface area contributed by atoms with Crippen molar-refractivity contribution in [3.63, 3.8) is 0 Å². The van der Waals surface area contributed by atoms with Crippen LogP contribution < -0.4 is 10.6 Å². The van der Waals surface area contributed by atoms with Gasteiger partial charge in [0.1, 0.15) is 0 Å². The van der Waals surface area contributed by atoms with Gasteiger partial charge in [-0.15, -0.1) is 11.6 Å². The Hall–Kier alpha value is -1.76. The highest BCUT2D eigenvalue weighted by Gasteiger charge is 2.30. The van der Waals surface area contributed by atoms with Gasteiger partial charge in [0.2, 0.25) is 11.8 Å². The van der Waals surface area contributed by atoms with Gasteiger partial charge in [-0.05, 0) is 38.1 Å². The van der Waals surface area contributed by atoms with Gasteiger partial charge in [0.05, 0.1) is 17.5 Å². The maximum Gasteiger partial charge on any atom is 0.416 e. The van der Waals surface area contributed by atoms with Crippen LogP contribution in [-0.4, -0.2) is 24.2 Å². The molecule has 1 aromatic rings. The molecule has 0 aliphatic carbocycles. The Balaban J connectivity index is 2.54. The van der Waals surface area contributed by atoms with Crippen molar-refractivity contribution < 1.29 is 22.8 Å². The number of halogens is 4. The molecular weight excluding hydrogens is 321 g/mol. The normalized spacial score (nSPS) is 11.9. The maximum absolute atomic E-state index is 12.4. The van der Waals surface area contributed by atoms with E-state index in [0.29, 0.717) is 0 Å². The fourth-order valence-corrected chi connectivity index (χ4v) is 1.53. The summed E-state index contributed by atoms with van der Waals surface area (Å²) in [7, 11) is 0. The number of amides is 2. The lowest BCUT2D eigenvalue weighted by Gasteiger charge is -2.20. The van der Waals surface area contributed by atoms with Crippen LogP contribution in [0.4, 0.5) is 18.9 Å². The van der Waals surface area contributed by atoms with Crippen molar-refractivity contribution in [3.8, 4) is 0 Å². The van der Waals surface area contributed by atoms with Gasteiger partial charge in [0.25, 0.3) is 0 Å². The van der Waals surface area contributed by atoms with Gasteiger partial charge >= 0.3 is 6.18 Å². The second-order valence-corrected chi connectivity index (χ2v) is 5.59. The van der Waals surface area contributed by atoms with Gasteiger partial charge in [-0.25, -0.2) is 0 Å². The van der Waals surface area contributed by atoms with E-state index < -0.39 is 23.1 Å². The van der Waals surface area contributed by atoms with Crippen molar-refractivity contribution in [3.05, 3.63) is 29.8 Å². The molecule has 22 heavy (non-hydrogen) atoms. The minimum Gasteiger partial charge on any atom is -0.347 e. The number of benzene rings is 1. The fraction of sp³-hybridized carbons (Fsp3) is 0.429. The molecule has 0 fully saturated rings. The minimum atomic E-state index is -4.43. The van der Waals surface area contributed by atoms with Gasteiger partial charge in [-0.2, -0.15) is 13.2 Å². The highest BCUT2D eigenvalue weighted by Crippen LogP contribution is 2.29. The van der Waals surface area contributed by atoms with Crippen LogP contribution in [0.5, 0.6) is 0 Å². The van der Waals surface area contributed by atoms with Crippen molar-refractivity contribution >= 4 is 29.1 Å². The summed E-state index contributed by atoms with van der Waals surface area (Å²) in [5, 5.41) is 4.81. The van der Waals surface area contributed by atoms with Crippen LogP contribution in [0.3, 0.4) is 0 Å². The lowest BCUT2D eigenvalue weighted by atomic mass is 9.95. The molecule has 0 atom stereocenters. The average molecular weight is 337 g/mol. The van der Waals surface area contributed by atoms with Crippen LogP contribution in [0.15, 0.2) is 24.3 Å². The summed E-state index contributed by atoms with van der Waals surface area (Å²) < 4.78 is 37.2. The zero-order chi connectivity index (χ0) is 17.0. The number of anilines is 1. The van der Waals surface area contributed by atoms with Crippen LogP contribution in [0, 0.1) is 5.41 Å². The first-order valence-corrected chi connectivity index (χ1v) is 6.91. The zero-order valence-electron chi connectivity index (χ0n) is 12.1. The van der Waals surface area contributed by atoms with Crippen LogP contribution >= 0.6 is 11.6 Å². The Kier molecular flexibility index (Phi) is 5.82. The van der Waals surface area contributed by atoms with E-state index in [4.69, 9.17) is 11.6 Å². The first kappa shape index (κ1) is 18.3. The number of hydrogen-bond donors (Lipinski definition) is 2. The van der Waals surface area contributed by atoms with E-state index in [2.05, 4.69) is 10.6 Å². The van der Waals surface area contributed by atoms with Crippen LogP contribution in [0.2, 0.25) is 0 Å². The molecule has 0 radical (unpaired) electrons. The number of nitrogens with one attached hydrogen (secondary N) is 2. The van der Waals surface area contributed by atoms with E-state index >= 15 is 0 Å². The third-order valence-corrected chi connectivity index (χ3v) is 3.52. The standard InChI is InChI=1S/C14H16ClF3N2O2/c1-13(2,8-15)12(22)19-7-11(21)20-10-5-3-9(4-6-10)14(16,17)18/h3-6H,7-8H2,1-2H3,(H,19,22)(H,20,21). The number of carbonyl (C=O) groups excluding carboxylic acids is 2. The summed E-state index contributed by atoms with van der Waals surface area (Å²) in [6.45, 7) is 2.96. The topological polar surface area (TPSA) is 58.2 Å². The zero-order valence-corrected chi connectivity index (χ0v) is 12.8. The van der Waals surface area contributed by atoms with Gasteiger partial charge in [-0.3, -0.25) is 9.59 Å². The molecule has 0 aliphatic heterocycles. The first-order chi connectivity index (χ1) is 10.1. The molecular formula is C14H16ClF3N2O2. The number of rotatable bonds is 5. The Morgan fingerprint density at radius 1 is 1.14 bits per heavy atom. The van der Waals surface area contributed by atoms with E-state index in [9.17, 15) is 22.8 Å². The molecule has 0 aromatic heterocycles. The SMILES string of the molecule is CC(C)(CCl)C(=O)NCC(=O)Nc1ccc(C(F)(F)F)cc1. The molecule has 0 heterocycles. The lowest BCUT2D eigenvalue weighted by Crippen LogP contribution is -2.41. The Labute approximate surface area is 131 Å². The molecule has 122 valence electrons. The van der Waals surface area contributed by atoms with Crippen molar-refractivity contribution in [1.82, 2.24) is 5.32 Å². The number of alkyl halides is 4. The predicted octanol–water partition coefficient (Wildman–Crippen LogP) is 3.03. The number of hydrogen-bond acceptors (Lipinski definition) is 2. The molecule has 0 unspecified atom stereocenters. The average Bonchev–Trinajstić information content (AvgIpc) is 2.44. The molecule has 0 spiro atoms. The van der Waals surface area contributed by atoms with Gasteiger partial charge in [0.15, 0.2) is 0 Å². The Morgan fingerprint density at radius 3 is 2.14 bits per heavy atom. The quantitative estimate of drug-likeness (QED) is 0.812. The summed E-state index contributed by atoms with van der Waals surface area (Å²) in [5.74, 6) is -0.831. The maximum atomic E-state index is 12.4. The molecule has 1 rings (SSSR count). The minimum absolute atomic E-state index is 0.0966. The van der Waals surface area contributed by atoms with Crippen molar-refractivity contribution in [2.45, 2.75) is 20.0 Å². The molecule has 1 aromatic carbocycles. The first-order valence-electron chi connectivity index (χ1n) is 6.37. The molecule has 0 saturated heterocycles. The van der Waals surface area contributed by atoms with E-state index in [-0.39, 0.29) is 24.0 Å². The summed E-state index contributed by atoms with van der Waals surface area (Å²) in [5.41, 5.74) is -1.40. The van der Waals surface area contributed by atoms with E-state index in [0.717, 1.165) is 24.3 Å². The Bertz CT molecular complexity index is 542. The molecule has 0 bridgehead atoms. The van der Waals surface area contributed by atoms with Crippen LogP contribution in [-0.2, 0) is 15.8 Å². The monoisotopic (exact) mass is 336 g/mol. The highest BCUT2D eigenvalue weighted by atomic mass is 35.5. The predicted molar refractivity (Wildman–Crippen MR) is 77.6 cm³/mol. The molecule has 8 heteroatoms. The van der Waals surface area contributed by atoms with Gasteiger partial charge < -0.3 is 10.6 Å². The second kappa shape index (κ2) is 7.00. The summed E-state index contributed by atoms with van der Waals surface area (Å²) >= 11 is 5.63. The molecule has 0 saturated carbocycles. The second-order valence-electron chi connectivity index (χ2n) is 5.32. The van der Waals surface area contributed by atoms with Gasteiger partial charge in [0, 0.05) is 11.6 Å². The summed E-state index contributed by atoms with van der Waals surface area (Å²) in [4.78, 5) is 23.3. The van der Waals surface area contributed by atoms with Crippen molar-refractivity contribution in [1.29, 1.82) is 0 Å². The van der Waals surface area contributed by atoms with E-state index in [1.807, 2.05) is 0 Å². The summed E-state index contributed by atoms with van der Waals surface area (Å²) in [6.07, 6.45) is -4.43. The van der Waals surface area contributed by atoms with Crippen molar-refractivity contribution in [2.75, 3.05) is 17.7 Å². The van der Waals surface area contributed by atoms with Crippen LogP contribution in [0.1, 0.15) is 19.4 Å². The van der Waals surface area contributed by atoms with Gasteiger partial charge in [-0.1, -0.05) is 0 Å². The summed E-state index contributed by atoms with van der Waals surface area (Å²) in [6, 6.07) is 4.02. The van der Waals surface area contributed by atoms with Crippen molar-refractivity contribution in [2.24, 2.45) is 5.41 Å². The largest absolute Gasteiger partial charge is 0.416 e. The fourth-order valence-electron chi connectivity index (χ4n) is 1.41. The van der Waals surface area contributed by atoms with E-state index in [1.165, 1.54) is 0 Å². The third kappa shape index (κ3) is 5.22. The molecule has 0 aliphatic rings. The van der Waals surface area contributed by atoms with Crippen LogP contribution in [0.25, 0.3) is 0 Å². The highest BCUT2D eigenvalue weighted by molar-refractivity contribution is 6.19. The molecule has 2 N–H and O–H groups in total. The Morgan fingerprint density at radius 2 is 1.68 bits per heavy atom. The lowest BCUT2D eigenvalue weighted by molar-refractivity contribution is -0.137. The third-order valence-electron chi connectivity index (χ3n) is 2.85. The molecule has 2 amide bonds. The smallest absolute Gasteiger partial charge is 0.347 e. The molecule has 4 nitrogen and oxygen atoms in total. The number of carbonyl (C=O) groups is 2.